The number of carboxylic acid groups (broad SMARTS) is 1. The van der Waals surface area contributed by atoms with Crippen molar-refractivity contribution in [3.8, 4) is 0 Å². The number of rotatable bonds is 16. The van der Waals surface area contributed by atoms with E-state index in [0.29, 0.717) is 24.9 Å². The molecule has 6 atom stereocenters. The van der Waals surface area contributed by atoms with E-state index in [2.05, 4.69) is 59.8 Å². The Bertz CT molecular complexity index is 690. The molecule has 0 bridgehead atoms. The molecule has 0 fully saturated rings. The highest BCUT2D eigenvalue weighted by Gasteiger charge is 2.34. The second-order valence-corrected chi connectivity index (χ2v) is 10.8. The van der Waals surface area contributed by atoms with E-state index in [1.165, 1.54) is 23.1 Å². The highest BCUT2D eigenvalue weighted by Crippen LogP contribution is 2.35. The van der Waals surface area contributed by atoms with Crippen molar-refractivity contribution in [2.75, 3.05) is 6.61 Å². The first-order chi connectivity index (χ1) is 16.1. The molecule has 4 nitrogen and oxygen atoms in total. The molecule has 0 aromatic heterocycles. The zero-order valence-corrected chi connectivity index (χ0v) is 22.9. The van der Waals surface area contributed by atoms with Crippen LogP contribution in [0.5, 0.6) is 0 Å². The number of aliphatic carboxylic acids is 1. The van der Waals surface area contributed by atoms with Gasteiger partial charge in [-0.15, -0.1) is 0 Å². The summed E-state index contributed by atoms with van der Waals surface area (Å²) in [5.41, 5.74) is 4.10. The first-order valence-electron chi connectivity index (χ1n) is 13.6. The van der Waals surface area contributed by atoms with Gasteiger partial charge in [0.2, 0.25) is 0 Å². The Morgan fingerprint density at radius 3 is 2.21 bits per heavy atom. The Kier molecular flexibility index (Phi) is 14.7. The third-order valence-electron chi connectivity index (χ3n) is 7.66. The maximum atomic E-state index is 10.8. The number of ether oxygens (including phenoxy) is 1. The van der Waals surface area contributed by atoms with Crippen molar-refractivity contribution in [2.45, 2.75) is 118 Å². The van der Waals surface area contributed by atoms with Crippen LogP contribution < -0.4 is 5.11 Å². The van der Waals surface area contributed by atoms with Gasteiger partial charge in [0, 0.05) is 12.6 Å². The van der Waals surface area contributed by atoms with Crippen molar-refractivity contribution >= 4 is 5.97 Å². The minimum Gasteiger partial charge on any atom is -0.550 e. The molecule has 1 N–H and O–H groups in total. The fourth-order valence-electron chi connectivity index (χ4n) is 4.77. The summed E-state index contributed by atoms with van der Waals surface area (Å²) >= 11 is 0. The van der Waals surface area contributed by atoms with Gasteiger partial charge < -0.3 is 19.7 Å². The number of allylic oxidation sites excluding steroid dienone is 4. The summed E-state index contributed by atoms with van der Waals surface area (Å²) in [4.78, 5) is 10.8. The van der Waals surface area contributed by atoms with Gasteiger partial charge >= 0.3 is 0 Å². The average Bonchev–Trinajstić information content (AvgIpc) is 2.78. The quantitative estimate of drug-likeness (QED) is 0.263. The minimum atomic E-state index is -0.954. The van der Waals surface area contributed by atoms with Crippen molar-refractivity contribution < 1.29 is 19.7 Å². The van der Waals surface area contributed by atoms with E-state index in [0.717, 1.165) is 44.9 Å². The average molecular weight is 476 g/mol. The topological polar surface area (TPSA) is 69.6 Å². The largest absolute Gasteiger partial charge is 0.550 e. The molecule has 0 spiro atoms. The molecule has 0 heterocycles. The van der Waals surface area contributed by atoms with E-state index >= 15 is 0 Å². The van der Waals surface area contributed by atoms with Crippen LogP contribution in [-0.2, 0) is 9.53 Å². The third kappa shape index (κ3) is 11.4. The summed E-state index contributed by atoms with van der Waals surface area (Å²) in [5, 5.41) is 21.2. The van der Waals surface area contributed by atoms with Crippen LogP contribution in [-0.4, -0.2) is 29.9 Å². The fourth-order valence-corrected chi connectivity index (χ4v) is 4.77. The van der Waals surface area contributed by atoms with Gasteiger partial charge in [-0.05, 0) is 108 Å². The Morgan fingerprint density at radius 2 is 1.65 bits per heavy atom. The lowest BCUT2D eigenvalue weighted by atomic mass is 9.76. The van der Waals surface area contributed by atoms with Gasteiger partial charge in [-0.3, -0.25) is 0 Å². The SMILES string of the molecule is CCOC1C(CCC(C)CC/C=C(\C)CCC/C(C)=C/CCC(C)C(=O)[O-])=CC(O)C(C)C1C. The van der Waals surface area contributed by atoms with Crippen molar-refractivity contribution in [1.82, 2.24) is 0 Å². The van der Waals surface area contributed by atoms with Gasteiger partial charge in [-0.25, -0.2) is 0 Å². The molecule has 6 unspecified atom stereocenters. The van der Waals surface area contributed by atoms with Crippen LogP contribution >= 0.6 is 0 Å². The number of hydrogen-bond acceptors (Lipinski definition) is 4. The first-order valence-corrected chi connectivity index (χ1v) is 13.6. The van der Waals surface area contributed by atoms with E-state index in [1.54, 1.807) is 6.92 Å². The molecule has 1 aliphatic carbocycles. The number of aliphatic hydroxyl groups is 1. The van der Waals surface area contributed by atoms with Crippen LogP contribution in [0.15, 0.2) is 34.9 Å². The molecule has 0 amide bonds. The minimum absolute atomic E-state index is 0.146. The predicted molar refractivity (Wildman–Crippen MR) is 140 cm³/mol. The van der Waals surface area contributed by atoms with E-state index in [1.807, 2.05) is 0 Å². The van der Waals surface area contributed by atoms with Gasteiger partial charge in [0.1, 0.15) is 0 Å². The Labute approximate surface area is 209 Å². The van der Waals surface area contributed by atoms with E-state index < -0.39 is 5.97 Å². The summed E-state index contributed by atoms with van der Waals surface area (Å²) in [6.07, 6.45) is 15.7. The molecule has 34 heavy (non-hydrogen) atoms. The molecular weight excluding hydrogens is 424 g/mol. The Hall–Kier alpha value is -1.39. The van der Waals surface area contributed by atoms with Crippen LogP contribution in [0.25, 0.3) is 0 Å². The number of hydrogen-bond donors (Lipinski definition) is 1. The van der Waals surface area contributed by atoms with Crippen molar-refractivity contribution in [3.05, 3.63) is 34.9 Å². The monoisotopic (exact) mass is 475 g/mol. The Morgan fingerprint density at radius 1 is 1.06 bits per heavy atom. The molecule has 1 aliphatic rings. The number of carboxylic acids is 1. The van der Waals surface area contributed by atoms with Gasteiger partial charge in [0.15, 0.2) is 0 Å². The molecule has 1 rings (SSSR count). The number of aliphatic hydroxyl groups excluding tert-OH is 1. The summed E-state index contributed by atoms with van der Waals surface area (Å²) < 4.78 is 6.05. The lowest BCUT2D eigenvalue weighted by Gasteiger charge is -2.37. The molecule has 0 aromatic carbocycles. The first kappa shape index (κ1) is 30.6. The Balaban J connectivity index is 2.33. The second kappa shape index (κ2) is 16.3. The maximum Gasteiger partial charge on any atom is 0.0814 e. The van der Waals surface area contributed by atoms with Gasteiger partial charge in [-0.2, -0.15) is 0 Å². The molecule has 0 saturated heterocycles. The molecule has 196 valence electrons. The van der Waals surface area contributed by atoms with E-state index in [-0.39, 0.29) is 24.0 Å². The zero-order valence-electron chi connectivity index (χ0n) is 22.9. The fraction of sp³-hybridized carbons (Fsp3) is 0.767. The predicted octanol–water partition coefficient (Wildman–Crippen LogP) is 6.39. The summed E-state index contributed by atoms with van der Waals surface area (Å²) in [7, 11) is 0. The molecule has 0 aromatic rings. The normalized spacial score (nSPS) is 25.7. The van der Waals surface area contributed by atoms with Gasteiger partial charge in [-0.1, -0.05) is 57.1 Å². The molecule has 0 saturated carbocycles. The summed E-state index contributed by atoms with van der Waals surface area (Å²) in [5.74, 6) is -0.0956. The van der Waals surface area contributed by atoms with Crippen LogP contribution in [0.4, 0.5) is 0 Å². The highest BCUT2D eigenvalue weighted by atomic mass is 16.5. The summed E-state index contributed by atoms with van der Waals surface area (Å²) in [6, 6.07) is 0. The second-order valence-electron chi connectivity index (χ2n) is 10.8. The molecule has 0 aliphatic heterocycles. The van der Waals surface area contributed by atoms with Gasteiger partial charge in [0.05, 0.1) is 12.2 Å². The highest BCUT2D eigenvalue weighted by molar-refractivity contribution is 5.66. The maximum absolute atomic E-state index is 10.8. The summed E-state index contributed by atoms with van der Waals surface area (Å²) in [6.45, 7) is 15.5. The van der Waals surface area contributed by atoms with Crippen molar-refractivity contribution in [2.24, 2.45) is 23.7 Å². The zero-order chi connectivity index (χ0) is 25.7. The smallest absolute Gasteiger partial charge is 0.0814 e. The number of carbonyl (C=O) groups is 1. The van der Waals surface area contributed by atoms with Crippen LogP contribution in [0.2, 0.25) is 0 Å². The van der Waals surface area contributed by atoms with Crippen LogP contribution in [0, 0.1) is 23.7 Å². The van der Waals surface area contributed by atoms with Crippen LogP contribution in [0.3, 0.4) is 0 Å². The van der Waals surface area contributed by atoms with E-state index in [4.69, 9.17) is 4.74 Å². The van der Waals surface area contributed by atoms with Gasteiger partial charge in [0.25, 0.3) is 0 Å². The van der Waals surface area contributed by atoms with Crippen LogP contribution in [0.1, 0.15) is 106 Å². The number of carbonyl (C=O) groups excluding carboxylic acids is 1. The van der Waals surface area contributed by atoms with Crippen molar-refractivity contribution in [3.63, 3.8) is 0 Å². The lowest BCUT2D eigenvalue weighted by Crippen LogP contribution is -2.39. The third-order valence-corrected chi connectivity index (χ3v) is 7.66. The molecular formula is C30H51O4-. The van der Waals surface area contributed by atoms with E-state index in [9.17, 15) is 15.0 Å². The van der Waals surface area contributed by atoms with Crippen molar-refractivity contribution in [1.29, 1.82) is 0 Å². The lowest BCUT2D eigenvalue weighted by molar-refractivity contribution is -0.311. The standard InChI is InChI=1S/C30H52O4/c1-8-34-29-26(7)25(6)28(31)20-27(29)19-18-23(4)15-10-14-21(2)12-9-13-22(3)16-11-17-24(5)30(32)33/h14,16,20,23-26,28-29,31H,8-13,15,17-19H2,1-7H3,(H,32,33)/p-1/b21-14+,22-16+. The molecule has 0 radical (unpaired) electrons. The molecule has 4 heteroatoms.